The highest BCUT2D eigenvalue weighted by atomic mass is 32.2. The van der Waals surface area contributed by atoms with E-state index in [1.54, 1.807) is 0 Å². The van der Waals surface area contributed by atoms with Crippen LogP contribution >= 0.6 is 0 Å². The molecule has 9 heteroatoms. The quantitative estimate of drug-likeness (QED) is 0.618. The summed E-state index contributed by atoms with van der Waals surface area (Å²) in [5, 5.41) is 0. The van der Waals surface area contributed by atoms with E-state index in [9.17, 15) is 16.8 Å². The summed E-state index contributed by atoms with van der Waals surface area (Å²) >= 11 is 0. The van der Waals surface area contributed by atoms with E-state index >= 15 is 0 Å². The third-order valence-electron chi connectivity index (χ3n) is 5.35. The van der Waals surface area contributed by atoms with Gasteiger partial charge in [0.05, 0.1) is 12.0 Å². The van der Waals surface area contributed by atoms with Crippen molar-refractivity contribution in [3.8, 4) is 0 Å². The molecule has 0 amide bonds. The zero-order chi connectivity index (χ0) is 19.5. The first-order valence-corrected chi connectivity index (χ1v) is 13.0. The lowest BCUT2D eigenvalue weighted by Gasteiger charge is -2.43. The molecular formula is C18H29N3O4S2. The monoisotopic (exact) mass is 415 g/mol. The molecule has 2 heterocycles. The molecule has 0 aliphatic carbocycles. The number of fused-ring (bicyclic) bond motifs is 3. The van der Waals surface area contributed by atoms with Gasteiger partial charge in [-0.3, -0.25) is 4.90 Å². The van der Waals surface area contributed by atoms with E-state index < -0.39 is 20.0 Å². The van der Waals surface area contributed by atoms with Crippen LogP contribution < -0.4 is 9.44 Å². The van der Waals surface area contributed by atoms with Crippen LogP contribution in [0.2, 0.25) is 0 Å². The number of benzene rings is 1. The molecule has 1 aromatic rings. The van der Waals surface area contributed by atoms with Crippen LogP contribution in [0.1, 0.15) is 42.9 Å². The van der Waals surface area contributed by atoms with Crippen molar-refractivity contribution >= 4 is 20.0 Å². The van der Waals surface area contributed by atoms with Crippen molar-refractivity contribution in [1.82, 2.24) is 14.3 Å². The Morgan fingerprint density at radius 2 is 1.89 bits per heavy atom. The molecule has 1 aromatic carbocycles. The third kappa shape index (κ3) is 5.99. The van der Waals surface area contributed by atoms with Gasteiger partial charge in [0.25, 0.3) is 0 Å². The van der Waals surface area contributed by atoms with E-state index in [1.807, 2.05) is 0 Å². The lowest BCUT2D eigenvalue weighted by Crippen LogP contribution is -2.48. The van der Waals surface area contributed by atoms with E-state index in [0.717, 1.165) is 38.6 Å². The SMILES string of the molecule is CS(=O)(=O)NCCCCS(=O)(=O)N[C@@H]1CCN2CCc3ccccc3[C@@H]2C1. The molecule has 2 atom stereocenters. The van der Waals surface area contributed by atoms with Crippen LogP contribution in [0.3, 0.4) is 0 Å². The van der Waals surface area contributed by atoms with Crippen molar-refractivity contribution in [3.05, 3.63) is 35.4 Å². The summed E-state index contributed by atoms with van der Waals surface area (Å²) in [6, 6.07) is 8.70. The molecule has 1 fully saturated rings. The molecule has 0 bridgehead atoms. The van der Waals surface area contributed by atoms with Gasteiger partial charge in [-0.1, -0.05) is 24.3 Å². The minimum atomic E-state index is -3.36. The number of rotatable bonds is 8. The molecule has 27 heavy (non-hydrogen) atoms. The number of hydrogen-bond acceptors (Lipinski definition) is 5. The maximum atomic E-state index is 12.4. The normalized spacial score (nSPS) is 23.6. The van der Waals surface area contributed by atoms with Crippen LogP contribution in [-0.2, 0) is 26.5 Å². The fourth-order valence-corrected chi connectivity index (χ4v) is 5.99. The van der Waals surface area contributed by atoms with Gasteiger partial charge in [-0.25, -0.2) is 26.3 Å². The van der Waals surface area contributed by atoms with Gasteiger partial charge in [0.15, 0.2) is 0 Å². The van der Waals surface area contributed by atoms with Gasteiger partial charge < -0.3 is 0 Å². The Kier molecular flexibility index (Phi) is 6.58. The molecular weight excluding hydrogens is 386 g/mol. The standard InChI is InChI=1S/C18H29N3O4S2/c1-26(22,23)19-10-4-5-13-27(24,25)20-16-9-12-21-11-8-15-6-2-3-7-17(15)18(21)14-16/h2-3,6-7,16,18-20H,4-5,8-14H2,1H3/t16-,18+/m1/s1. The topological polar surface area (TPSA) is 95.6 Å². The maximum Gasteiger partial charge on any atom is 0.211 e. The molecule has 3 rings (SSSR count). The number of nitrogens with one attached hydrogen (secondary N) is 2. The van der Waals surface area contributed by atoms with Crippen LogP contribution in [0.25, 0.3) is 0 Å². The smallest absolute Gasteiger partial charge is 0.211 e. The van der Waals surface area contributed by atoms with Gasteiger partial charge in [0.2, 0.25) is 20.0 Å². The van der Waals surface area contributed by atoms with Gasteiger partial charge in [0.1, 0.15) is 0 Å². The summed E-state index contributed by atoms with van der Waals surface area (Å²) in [4.78, 5) is 2.46. The van der Waals surface area contributed by atoms with Gasteiger partial charge in [0, 0.05) is 31.7 Å². The summed E-state index contributed by atoms with van der Waals surface area (Å²) in [6.07, 6.45) is 4.72. The van der Waals surface area contributed by atoms with Crippen LogP contribution in [0.15, 0.2) is 24.3 Å². The minimum Gasteiger partial charge on any atom is -0.296 e. The van der Waals surface area contributed by atoms with Crippen molar-refractivity contribution < 1.29 is 16.8 Å². The lowest BCUT2D eigenvalue weighted by atomic mass is 9.85. The van der Waals surface area contributed by atoms with E-state index in [0.29, 0.717) is 12.8 Å². The minimum absolute atomic E-state index is 0.0277. The Morgan fingerprint density at radius 1 is 1.11 bits per heavy atom. The zero-order valence-electron chi connectivity index (χ0n) is 15.7. The number of sulfonamides is 2. The van der Waals surface area contributed by atoms with Crippen LogP contribution in [0, 0.1) is 0 Å². The Balaban J connectivity index is 1.51. The van der Waals surface area contributed by atoms with Crippen molar-refractivity contribution in [1.29, 1.82) is 0 Å². The second-order valence-electron chi connectivity index (χ2n) is 7.53. The lowest BCUT2D eigenvalue weighted by molar-refractivity contribution is 0.122. The first-order valence-electron chi connectivity index (χ1n) is 9.50. The molecule has 152 valence electrons. The second-order valence-corrected chi connectivity index (χ2v) is 11.2. The van der Waals surface area contributed by atoms with Crippen molar-refractivity contribution in [3.63, 3.8) is 0 Å². The van der Waals surface area contributed by atoms with Crippen LogP contribution in [-0.4, -0.2) is 59.4 Å². The zero-order valence-corrected chi connectivity index (χ0v) is 17.4. The van der Waals surface area contributed by atoms with E-state index in [2.05, 4.69) is 38.6 Å². The molecule has 0 radical (unpaired) electrons. The predicted molar refractivity (Wildman–Crippen MR) is 106 cm³/mol. The number of piperidine rings is 1. The summed E-state index contributed by atoms with van der Waals surface area (Å²) in [5.74, 6) is 0.0277. The summed E-state index contributed by atoms with van der Waals surface area (Å²) in [6.45, 7) is 2.21. The number of nitrogens with zero attached hydrogens (tertiary/aromatic N) is 1. The molecule has 1 saturated heterocycles. The summed E-state index contributed by atoms with van der Waals surface area (Å²) in [5.41, 5.74) is 2.71. The van der Waals surface area contributed by atoms with E-state index in [1.165, 1.54) is 11.1 Å². The first kappa shape index (κ1) is 20.7. The first-order chi connectivity index (χ1) is 12.7. The molecule has 0 aromatic heterocycles. The Bertz CT molecular complexity index is 855. The Labute approximate surface area is 162 Å². The predicted octanol–water partition coefficient (Wildman–Crippen LogP) is 0.997. The average Bonchev–Trinajstić information content (AvgIpc) is 2.60. The molecule has 2 N–H and O–H groups in total. The Hall–Kier alpha value is -1.00. The van der Waals surface area contributed by atoms with E-state index in [-0.39, 0.29) is 24.4 Å². The summed E-state index contributed by atoms with van der Waals surface area (Å²) < 4.78 is 52.1. The largest absolute Gasteiger partial charge is 0.296 e. The van der Waals surface area contributed by atoms with Crippen LogP contribution in [0.5, 0.6) is 0 Å². The van der Waals surface area contributed by atoms with Gasteiger partial charge in [-0.2, -0.15) is 0 Å². The van der Waals surface area contributed by atoms with Crippen molar-refractivity contribution in [2.45, 2.75) is 44.2 Å². The highest BCUT2D eigenvalue weighted by molar-refractivity contribution is 7.89. The number of unbranched alkanes of at least 4 members (excludes halogenated alkanes) is 1. The van der Waals surface area contributed by atoms with Crippen molar-refractivity contribution in [2.75, 3.05) is 31.6 Å². The van der Waals surface area contributed by atoms with Gasteiger partial charge >= 0.3 is 0 Å². The average molecular weight is 416 g/mol. The highest BCUT2D eigenvalue weighted by Gasteiger charge is 2.34. The number of hydrogen-bond donors (Lipinski definition) is 2. The molecule has 2 aliphatic heterocycles. The summed E-state index contributed by atoms with van der Waals surface area (Å²) in [7, 11) is -6.58. The van der Waals surface area contributed by atoms with E-state index in [4.69, 9.17) is 0 Å². The van der Waals surface area contributed by atoms with Gasteiger partial charge in [-0.05, 0) is 43.2 Å². The maximum absolute atomic E-state index is 12.4. The molecule has 0 saturated carbocycles. The highest BCUT2D eigenvalue weighted by Crippen LogP contribution is 2.36. The second kappa shape index (κ2) is 8.57. The molecule has 0 unspecified atom stereocenters. The van der Waals surface area contributed by atoms with Crippen LogP contribution in [0.4, 0.5) is 0 Å². The fraction of sp³-hybridized carbons (Fsp3) is 0.667. The van der Waals surface area contributed by atoms with Crippen molar-refractivity contribution in [2.24, 2.45) is 0 Å². The fourth-order valence-electron chi connectivity index (χ4n) is 4.05. The molecule has 2 aliphatic rings. The molecule has 7 nitrogen and oxygen atoms in total. The third-order valence-corrected chi connectivity index (χ3v) is 7.59. The van der Waals surface area contributed by atoms with Gasteiger partial charge in [-0.15, -0.1) is 0 Å². The Morgan fingerprint density at radius 3 is 2.67 bits per heavy atom. The molecule has 0 spiro atoms.